The molecule has 0 aliphatic heterocycles. The maximum absolute atomic E-state index is 5.74. The smallest absolute Gasteiger partial charge is 0.148 e. The van der Waals surface area contributed by atoms with E-state index >= 15 is 0 Å². The molecule has 2 rings (SSSR count). The number of ether oxygens (including phenoxy) is 1. The van der Waals surface area contributed by atoms with Gasteiger partial charge < -0.3 is 4.74 Å². The van der Waals surface area contributed by atoms with Crippen LogP contribution in [0.5, 0.6) is 5.75 Å². The molecule has 0 unspecified atom stereocenters. The van der Waals surface area contributed by atoms with Gasteiger partial charge in [0.05, 0.1) is 8.95 Å². The fourth-order valence-electron chi connectivity index (χ4n) is 1.55. The summed E-state index contributed by atoms with van der Waals surface area (Å²) < 4.78 is 8.58. The molecule has 0 radical (unpaired) electrons. The summed E-state index contributed by atoms with van der Waals surface area (Å²) in [5.74, 6) is 0.806. The number of benzene rings is 2. The molecule has 19 heavy (non-hydrogen) atoms. The van der Waals surface area contributed by atoms with E-state index in [1.54, 1.807) is 0 Å². The van der Waals surface area contributed by atoms with Crippen LogP contribution in [0.3, 0.4) is 0 Å². The molecule has 0 aliphatic rings. The normalized spacial score (nSPS) is 10.9. The molecule has 98 valence electrons. The minimum Gasteiger partial charge on any atom is -0.487 e. The largest absolute Gasteiger partial charge is 0.487 e. The predicted octanol–water partition coefficient (Wildman–Crippen LogP) is 6.07. The molecule has 0 saturated heterocycles. The lowest BCUT2D eigenvalue weighted by Gasteiger charge is -2.08. The van der Waals surface area contributed by atoms with Gasteiger partial charge >= 0.3 is 0 Å². The van der Waals surface area contributed by atoms with Crippen molar-refractivity contribution in [2.45, 2.75) is 0 Å². The molecule has 2 aromatic carbocycles. The van der Waals surface area contributed by atoms with Gasteiger partial charge in [0.2, 0.25) is 0 Å². The van der Waals surface area contributed by atoms with Gasteiger partial charge in [0.15, 0.2) is 0 Å². The van der Waals surface area contributed by atoms with E-state index in [9.17, 15) is 0 Å². The van der Waals surface area contributed by atoms with Crippen LogP contribution >= 0.6 is 47.8 Å². The number of halogens is 3. The lowest BCUT2D eigenvalue weighted by Crippen LogP contribution is -1.95. The Morgan fingerprint density at radius 2 is 1.58 bits per heavy atom. The topological polar surface area (TPSA) is 9.23 Å². The highest BCUT2D eigenvalue weighted by Crippen LogP contribution is 2.36. The van der Waals surface area contributed by atoms with E-state index < -0.39 is 0 Å². The van der Waals surface area contributed by atoms with Crippen LogP contribution in [-0.4, -0.2) is 6.61 Å². The average molecular weight is 447 g/mol. The van der Waals surface area contributed by atoms with Crippen molar-refractivity contribution >= 4 is 53.9 Å². The third-order valence-electron chi connectivity index (χ3n) is 2.40. The van der Waals surface area contributed by atoms with Gasteiger partial charge in [-0.3, -0.25) is 0 Å². The van der Waals surface area contributed by atoms with Crippen LogP contribution in [-0.2, 0) is 0 Å². The molecule has 0 aromatic heterocycles. The van der Waals surface area contributed by atoms with Gasteiger partial charge in [-0.2, -0.15) is 0 Å². The molecule has 0 spiro atoms. The Balaban J connectivity index is 1.98. The highest BCUT2D eigenvalue weighted by Gasteiger charge is 2.07. The van der Waals surface area contributed by atoms with E-state index in [0.717, 1.165) is 19.2 Å². The summed E-state index contributed by atoms with van der Waals surface area (Å²) in [5.41, 5.74) is 1.17. The summed E-state index contributed by atoms with van der Waals surface area (Å²) in [7, 11) is 0. The molecule has 1 nitrogen and oxygen atoms in total. The second-order valence-corrected chi connectivity index (χ2v) is 6.45. The Morgan fingerprint density at radius 1 is 0.947 bits per heavy atom. The SMILES string of the molecule is Brc1cc(Br)c(OC/C=C/c2ccccc2)c(Br)c1. The standard InChI is InChI=1S/C15H11Br3O/c16-12-9-13(17)15(14(18)10-12)19-8-4-7-11-5-2-1-3-6-11/h1-7,9-10H,8H2/b7-4+. The lowest BCUT2D eigenvalue weighted by atomic mass is 10.2. The molecule has 0 fully saturated rings. The Labute approximate surface area is 138 Å². The molecule has 0 atom stereocenters. The summed E-state index contributed by atoms with van der Waals surface area (Å²) in [6.07, 6.45) is 4.04. The summed E-state index contributed by atoms with van der Waals surface area (Å²) in [4.78, 5) is 0. The summed E-state index contributed by atoms with van der Waals surface area (Å²) in [6, 6.07) is 14.1. The zero-order valence-corrected chi connectivity index (χ0v) is 14.7. The van der Waals surface area contributed by atoms with Gasteiger partial charge in [0.25, 0.3) is 0 Å². The monoisotopic (exact) mass is 444 g/mol. The zero-order valence-electron chi connectivity index (χ0n) is 9.95. The molecule has 0 aliphatic carbocycles. The number of rotatable bonds is 4. The first-order valence-corrected chi connectivity index (χ1v) is 8.03. The van der Waals surface area contributed by atoms with Crippen molar-refractivity contribution in [3.8, 4) is 5.75 Å². The Bertz CT molecular complexity index is 556. The van der Waals surface area contributed by atoms with Gasteiger partial charge in [0.1, 0.15) is 12.4 Å². The van der Waals surface area contributed by atoms with Crippen molar-refractivity contribution in [2.24, 2.45) is 0 Å². The predicted molar refractivity (Wildman–Crippen MR) is 90.5 cm³/mol. The maximum Gasteiger partial charge on any atom is 0.148 e. The first-order valence-electron chi connectivity index (χ1n) is 5.66. The second-order valence-electron chi connectivity index (χ2n) is 3.82. The fraction of sp³-hybridized carbons (Fsp3) is 0.0667. The second kappa shape index (κ2) is 7.27. The zero-order chi connectivity index (χ0) is 13.7. The van der Waals surface area contributed by atoms with Crippen LogP contribution in [0.4, 0.5) is 0 Å². The minimum atomic E-state index is 0.522. The number of hydrogen-bond acceptors (Lipinski definition) is 1. The highest BCUT2D eigenvalue weighted by atomic mass is 79.9. The van der Waals surface area contributed by atoms with E-state index in [4.69, 9.17) is 4.74 Å². The third-order valence-corrected chi connectivity index (χ3v) is 4.03. The summed E-state index contributed by atoms with van der Waals surface area (Å²) in [5, 5.41) is 0. The number of hydrogen-bond donors (Lipinski definition) is 0. The molecule has 2 aromatic rings. The van der Waals surface area contributed by atoms with Crippen molar-refractivity contribution in [3.63, 3.8) is 0 Å². The molecule has 0 N–H and O–H groups in total. The van der Waals surface area contributed by atoms with Crippen LogP contribution < -0.4 is 4.74 Å². The van der Waals surface area contributed by atoms with Gasteiger partial charge in [-0.15, -0.1) is 0 Å². The fourth-order valence-corrected chi connectivity index (χ4v) is 4.03. The Hall–Kier alpha value is -0.580. The molecule has 0 saturated carbocycles. The summed E-state index contributed by atoms with van der Waals surface area (Å²) >= 11 is 10.4. The minimum absolute atomic E-state index is 0.522. The van der Waals surface area contributed by atoms with Gasteiger partial charge in [-0.25, -0.2) is 0 Å². The van der Waals surface area contributed by atoms with E-state index in [1.165, 1.54) is 5.56 Å². The van der Waals surface area contributed by atoms with Crippen molar-refractivity contribution in [3.05, 3.63) is 67.5 Å². The Kier molecular flexibility index (Phi) is 5.67. The summed E-state index contributed by atoms with van der Waals surface area (Å²) in [6.45, 7) is 0.522. The third kappa shape index (κ3) is 4.48. The lowest BCUT2D eigenvalue weighted by molar-refractivity contribution is 0.359. The van der Waals surface area contributed by atoms with Gasteiger partial charge in [-0.1, -0.05) is 52.3 Å². The van der Waals surface area contributed by atoms with Crippen LogP contribution in [0.25, 0.3) is 6.08 Å². The Morgan fingerprint density at radius 3 is 2.21 bits per heavy atom. The van der Waals surface area contributed by atoms with E-state index in [1.807, 2.05) is 42.5 Å². The molecule has 0 amide bonds. The quantitative estimate of drug-likeness (QED) is 0.554. The molecule has 0 bridgehead atoms. The molecular weight excluding hydrogens is 436 g/mol. The first kappa shape index (κ1) is 14.8. The van der Waals surface area contributed by atoms with E-state index in [0.29, 0.717) is 6.61 Å². The van der Waals surface area contributed by atoms with Crippen molar-refractivity contribution in [1.82, 2.24) is 0 Å². The van der Waals surface area contributed by atoms with Crippen molar-refractivity contribution in [1.29, 1.82) is 0 Å². The maximum atomic E-state index is 5.74. The molecule has 4 heteroatoms. The van der Waals surface area contributed by atoms with Crippen molar-refractivity contribution < 1.29 is 4.74 Å². The molecular formula is C15H11Br3O. The highest BCUT2D eigenvalue weighted by molar-refractivity contribution is 9.11. The van der Waals surface area contributed by atoms with E-state index in [-0.39, 0.29) is 0 Å². The van der Waals surface area contributed by atoms with Crippen molar-refractivity contribution in [2.75, 3.05) is 6.61 Å². The van der Waals surface area contributed by atoms with E-state index in [2.05, 4.69) is 59.9 Å². The van der Waals surface area contributed by atoms with Gasteiger partial charge in [-0.05, 0) is 55.6 Å². The van der Waals surface area contributed by atoms with Crippen LogP contribution in [0.1, 0.15) is 5.56 Å². The first-order chi connectivity index (χ1) is 9.16. The average Bonchev–Trinajstić information content (AvgIpc) is 2.38. The molecule has 0 heterocycles. The van der Waals surface area contributed by atoms with Crippen LogP contribution in [0, 0.1) is 0 Å². The van der Waals surface area contributed by atoms with Gasteiger partial charge in [0, 0.05) is 4.47 Å². The van der Waals surface area contributed by atoms with Crippen LogP contribution in [0.15, 0.2) is 62.0 Å². The van der Waals surface area contributed by atoms with Crippen LogP contribution in [0.2, 0.25) is 0 Å².